The highest BCUT2D eigenvalue weighted by Gasteiger charge is 2.27. The third-order valence-electron chi connectivity index (χ3n) is 5.26. The zero-order valence-electron chi connectivity index (χ0n) is 15.7. The number of benzene rings is 2. The van der Waals surface area contributed by atoms with E-state index in [2.05, 4.69) is 6.92 Å². The monoisotopic (exact) mass is 378 g/mol. The van der Waals surface area contributed by atoms with Crippen LogP contribution in [0.25, 0.3) is 11.1 Å². The van der Waals surface area contributed by atoms with Gasteiger partial charge >= 0.3 is 0 Å². The van der Waals surface area contributed by atoms with Crippen LogP contribution in [0.3, 0.4) is 0 Å². The molecule has 0 N–H and O–H groups in total. The SMILES string of the molecule is CCCCC1CCC(c2ccc(-c3ccc(OC)c(F)c3)c(F)c2F)OC1. The molecule has 0 bridgehead atoms. The number of halogens is 3. The second-order valence-corrected chi connectivity index (χ2v) is 7.09. The summed E-state index contributed by atoms with van der Waals surface area (Å²) in [5, 5.41) is 0. The Bertz CT molecular complexity index is 783. The highest BCUT2D eigenvalue weighted by atomic mass is 19.2. The van der Waals surface area contributed by atoms with Crippen LogP contribution in [0, 0.1) is 23.4 Å². The van der Waals surface area contributed by atoms with Crippen LogP contribution in [-0.4, -0.2) is 13.7 Å². The summed E-state index contributed by atoms with van der Waals surface area (Å²) in [6.45, 7) is 2.73. The molecule has 1 aliphatic heterocycles. The molecule has 0 amide bonds. The first-order valence-corrected chi connectivity index (χ1v) is 9.48. The molecule has 1 saturated heterocycles. The fourth-order valence-corrected chi connectivity index (χ4v) is 3.64. The minimum Gasteiger partial charge on any atom is -0.494 e. The van der Waals surface area contributed by atoms with E-state index >= 15 is 0 Å². The smallest absolute Gasteiger partial charge is 0.167 e. The molecule has 1 heterocycles. The van der Waals surface area contributed by atoms with Crippen molar-refractivity contribution in [2.24, 2.45) is 5.92 Å². The van der Waals surface area contributed by atoms with Crippen molar-refractivity contribution in [3.63, 3.8) is 0 Å². The summed E-state index contributed by atoms with van der Waals surface area (Å²) < 4.78 is 54.0. The quantitative estimate of drug-likeness (QED) is 0.576. The molecule has 0 aliphatic carbocycles. The summed E-state index contributed by atoms with van der Waals surface area (Å²) in [6, 6.07) is 7.09. The van der Waals surface area contributed by atoms with Gasteiger partial charge in [0.05, 0.1) is 19.8 Å². The lowest BCUT2D eigenvalue weighted by atomic mass is 9.90. The van der Waals surface area contributed by atoms with Gasteiger partial charge in [-0.15, -0.1) is 0 Å². The number of hydrogen-bond acceptors (Lipinski definition) is 2. The van der Waals surface area contributed by atoms with Crippen molar-refractivity contribution >= 4 is 0 Å². The van der Waals surface area contributed by atoms with Gasteiger partial charge in [-0.2, -0.15) is 0 Å². The van der Waals surface area contributed by atoms with Gasteiger partial charge in [-0.1, -0.05) is 38.0 Å². The van der Waals surface area contributed by atoms with Crippen molar-refractivity contribution < 1.29 is 22.6 Å². The molecule has 2 aromatic carbocycles. The van der Waals surface area contributed by atoms with Crippen molar-refractivity contribution in [2.75, 3.05) is 13.7 Å². The van der Waals surface area contributed by atoms with E-state index in [1.54, 1.807) is 6.07 Å². The topological polar surface area (TPSA) is 18.5 Å². The van der Waals surface area contributed by atoms with Crippen LogP contribution in [0.5, 0.6) is 5.75 Å². The minimum absolute atomic E-state index is 0.0226. The summed E-state index contributed by atoms with van der Waals surface area (Å²) in [4.78, 5) is 0. The van der Waals surface area contributed by atoms with Gasteiger partial charge in [0.25, 0.3) is 0 Å². The number of ether oxygens (including phenoxy) is 2. The first-order chi connectivity index (χ1) is 13.0. The van der Waals surface area contributed by atoms with Crippen LogP contribution in [0.1, 0.15) is 50.7 Å². The third-order valence-corrected chi connectivity index (χ3v) is 5.26. The van der Waals surface area contributed by atoms with Crippen molar-refractivity contribution in [1.82, 2.24) is 0 Å². The maximum atomic E-state index is 14.7. The number of hydrogen-bond donors (Lipinski definition) is 0. The standard InChI is InChI=1S/C22H25F3O2/c1-3-4-5-14-6-10-19(27-13-14)17-9-8-16(21(24)22(17)25)15-7-11-20(26-2)18(23)12-15/h7-9,11-12,14,19H,3-6,10,13H2,1-2H3. The second kappa shape index (κ2) is 8.79. The first kappa shape index (κ1) is 19.7. The van der Waals surface area contributed by atoms with Crippen LogP contribution < -0.4 is 4.74 Å². The Morgan fingerprint density at radius 2 is 1.89 bits per heavy atom. The molecule has 0 radical (unpaired) electrons. The minimum atomic E-state index is -0.978. The van der Waals surface area contributed by atoms with Crippen molar-refractivity contribution in [2.45, 2.75) is 45.1 Å². The molecule has 2 unspecified atom stereocenters. The first-order valence-electron chi connectivity index (χ1n) is 9.48. The lowest BCUT2D eigenvalue weighted by Gasteiger charge is -2.29. The molecule has 146 valence electrons. The number of methoxy groups -OCH3 is 1. The van der Waals surface area contributed by atoms with Gasteiger partial charge in [-0.25, -0.2) is 13.2 Å². The van der Waals surface area contributed by atoms with Gasteiger partial charge in [0.15, 0.2) is 23.2 Å². The predicted octanol–water partition coefficient (Wildman–Crippen LogP) is 6.44. The molecule has 1 aliphatic rings. The summed E-state index contributed by atoms with van der Waals surface area (Å²) in [5.74, 6) is -1.96. The second-order valence-electron chi connectivity index (χ2n) is 7.09. The molecule has 1 fully saturated rings. The molecule has 5 heteroatoms. The molecule has 3 rings (SSSR count). The van der Waals surface area contributed by atoms with Gasteiger partial charge in [-0.05, 0) is 42.9 Å². The van der Waals surface area contributed by atoms with Crippen LogP contribution in [0.15, 0.2) is 30.3 Å². The van der Waals surface area contributed by atoms with E-state index in [-0.39, 0.29) is 22.4 Å². The van der Waals surface area contributed by atoms with E-state index in [4.69, 9.17) is 9.47 Å². The zero-order chi connectivity index (χ0) is 19.4. The summed E-state index contributed by atoms with van der Waals surface area (Å²) in [5.41, 5.74) is 0.522. The van der Waals surface area contributed by atoms with E-state index in [0.29, 0.717) is 18.9 Å². The highest BCUT2D eigenvalue weighted by Crippen LogP contribution is 2.37. The molecule has 2 nitrogen and oxygen atoms in total. The Kier molecular flexibility index (Phi) is 6.42. The molecule has 27 heavy (non-hydrogen) atoms. The fraction of sp³-hybridized carbons (Fsp3) is 0.455. The van der Waals surface area contributed by atoms with Crippen molar-refractivity contribution in [1.29, 1.82) is 0 Å². The van der Waals surface area contributed by atoms with Gasteiger partial charge in [0, 0.05) is 11.1 Å². The van der Waals surface area contributed by atoms with Gasteiger partial charge in [0.1, 0.15) is 0 Å². The van der Waals surface area contributed by atoms with E-state index < -0.39 is 23.6 Å². The van der Waals surface area contributed by atoms with Crippen LogP contribution in [0.2, 0.25) is 0 Å². The maximum absolute atomic E-state index is 14.7. The summed E-state index contributed by atoms with van der Waals surface area (Å²) in [7, 11) is 1.35. The molecule has 0 aromatic heterocycles. The largest absolute Gasteiger partial charge is 0.494 e. The lowest BCUT2D eigenvalue weighted by Crippen LogP contribution is -2.21. The molecular formula is C22H25F3O2. The van der Waals surface area contributed by atoms with Gasteiger partial charge < -0.3 is 9.47 Å². The summed E-state index contributed by atoms with van der Waals surface area (Å²) >= 11 is 0. The number of rotatable bonds is 6. The maximum Gasteiger partial charge on any atom is 0.167 e. The highest BCUT2D eigenvalue weighted by molar-refractivity contribution is 5.66. The van der Waals surface area contributed by atoms with Gasteiger partial charge in [0.2, 0.25) is 0 Å². The van der Waals surface area contributed by atoms with Crippen molar-refractivity contribution in [3.8, 4) is 16.9 Å². The molecule has 0 saturated carbocycles. The molecule has 2 atom stereocenters. The normalized spacial score (nSPS) is 19.9. The number of unbranched alkanes of at least 4 members (excludes halogenated alkanes) is 1. The Labute approximate surface area is 158 Å². The molecular weight excluding hydrogens is 353 g/mol. The van der Waals surface area contributed by atoms with Crippen molar-refractivity contribution in [3.05, 3.63) is 53.3 Å². The predicted molar refractivity (Wildman–Crippen MR) is 99.2 cm³/mol. The summed E-state index contributed by atoms with van der Waals surface area (Å²) in [6.07, 6.45) is 4.63. The van der Waals surface area contributed by atoms with E-state index in [1.165, 1.54) is 25.3 Å². The van der Waals surface area contributed by atoms with Gasteiger partial charge in [-0.3, -0.25) is 0 Å². The Balaban J connectivity index is 1.79. The van der Waals surface area contributed by atoms with Crippen LogP contribution >= 0.6 is 0 Å². The fourth-order valence-electron chi connectivity index (χ4n) is 3.64. The van der Waals surface area contributed by atoms with E-state index in [9.17, 15) is 13.2 Å². The average Bonchev–Trinajstić information content (AvgIpc) is 2.69. The van der Waals surface area contributed by atoms with Crippen LogP contribution in [-0.2, 0) is 4.74 Å². The Morgan fingerprint density at radius 3 is 2.52 bits per heavy atom. The van der Waals surface area contributed by atoms with Crippen LogP contribution in [0.4, 0.5) is 13.2 Å². The average molecular weight is 378 g/mol. The van der Waals surface area contributed by atoms with E-state index in [0.717, 1.165) is 31.7 Å². The lowest BCUT2D eigenvalue weighted by molar-refractivity contribution is -0.0217. The van der Waals surface area contributed by atoms with E-state index in [1.807, 2.05) is 0 Å². The Morgan fingerprint density at radius 1 is 1.07 bits per heavy atom. The third kappa shape index (κ3) is 4.29. The Hall–Kier alpha value is -2.01. The zero-order valence-corrected chi connectivity index (χ0v) is 15.7. The molecule has 2 aromatic rings. The molecule has 0 spiro atoms.